The van der Waals surface area contributed by atoms with E-state index in [-0.39, 0.29) is 0 Å². The van der Waals surface area contributed by atoms with Crippen LogP contribution in [0.15, 0.2) is 23.8 Å². The van der Waals surface area contributed by atoms with Gasteiger partial charge in [0.05, 0.1) is 20.6 Å². The van der Waals surface area contributed by atoms with E-state index in [4.69, 9.17) is 0 Å². The molecule has 2 nitrogen and oxygen atoms in total. The van der Waals surface area contributed by atoms with Crippen molar-refractivity contribution in [3.63, 3.8) is 0 Å². The average Bonchev–Trinajstić information content (AvgIpc) is 3.15. The number of hydrogen-bond donors (Lipinski definition) is 0. The van der Waals surface area contributed by atoms with Gasteiger partial charge in [-0.05, 0) is 99.1 Å². The van der Waals surface area contributed by atoms with Crippen LogP contribution in [0.2, 0.25) is 0 Å². The minimum Gasteiger partial charge on any atom is -0.323 e. The van der Waals surface area contributed by atoms with Crippen molar-refractivity contribution in [2.75, 3.05) is 34.2 Å². The van der Waals surface area contributed by atoms with Gasteiger partial charge in [0.2, 0.25) is 0 Å². The Hall–Kier alpha value is -0.600. The molecule has 1 aliphatic heterocycles. The maximum absolute atomic E-state index is 2.70. The lowest BCUT2D eigenvalue weighted by Gasteiger charge is -2.57. The molecular weight excluding hydrogens is 340 g/mol. The Morgan fingerprint density at radius 1 is 1.07 bits per heavy atom. The van der Waals surface area contributed by atoms with E-state index >= 15 is 0 Å². The molecule has 1 spiro atoms. The van der Waals surface area contributed by atoms with E-state index in [2.05, 4.69) is 65.0 Å². The van der Waals surface area contributed by atoms with E-state index in [9.17, 15) is 0 Å². The quantitative estimate of drug-likeness (QED) is 0.598. The highest BCUT2D eigenvalue weighted by atomic mass is 15.3. The molecule has 1 saturated heterocycles. The standard InChI is InChI=1S/C26H43N2/c1-7-28(5,6)20-12-14-25(3)19(16-20)8-9-21-23(25)13-15-26-17-27(4)18(2)22(26)10-11-24(21)26/h8-9,16,18,20-24H,7,10-15,17H2,1-6H3/q+1/t18-,20-,21+,22+,23-,24-,25-,26-/m0/s1. The fraction of sp³-hybridized carbons (Fsp3) is 0.846. The Morgan fingerprint density at radius 3 is 2.57 bits per heavy atom. The summed E-state index contributed by atoms with van der Waals surface area (Å²) in [6, 6.07) is 1.49. The predicted octanol–water partition coefficient (Wildman–Crippen LogP) is 5.12. The summed E-state index contributed by atoms with van der Waals surface area (Å²) >= 11 is 0. The summed E-state index contributed by atoms with van der Waals surface area (Å²) in [5, 5.41) is 0. The van der Waals surface area contributed by atoms with Crippen LogP contribution in [0.1, 0.15) is 59.3 Å². The number of nitrogens with zero attached hydrogens (tertiary/aromatic N) is 2. The van der Waals surface area contributed by atoms with Crippen LogP contribution in [0, 0.1) is 34.5 Å². The molecule has 5 rings (SSSR count). The molecule has 4 aliphatic carbocycles. The van der Waals surface area contributed by atoms with Crippen molar-refractivity contribution in [2.24, 2.45) is 34.5 Å². The molecule has 0 unspecified atom stereocenters. The zero-order chi connectivity index (χ0) is 19.9. The number of allylic oxidation sites excluding steroid dienone is 3. The lowest BCUT2D eigenvalue weighted by Crippen LogP contribution is -2.53. The summed E-state index contributed by atoms with van der Waals surface area (Å²) < 4.78 is 1.14. The predicted molar refractivity (Wildman–Crippen MR) is 118 cm³/mol. The number of fused-ring (bicyclic) bond motifs is 4. The van der Waals surface area contributed by atoms with Crippen molar-refractivity contribution in [3.8, 4) is 0 Å². The van der Waals surface area contributed by atoms with Crippen LogP contribution >= 0.6 is 0 Å². The number of hydrogen-bond acceptors (Lipinski definition) is 1. The van der Waals surface area contributed by atoms with Crippen LogP contribution in [-0.4, -0.2) is 55.7 Å². The summed E-state index contributed by atoms with van der Waals surface area (Å²) in [5.74, 6) is 3.63. The summed E-state index contributed by atoms with van der Waals surface area (Å²) in [6.45, 7) is 10.1. The first-order valence-corrected chi connectivity index (χ1v) is 12.2. The van der Waals surface area contributed by atoms with Gasteiger partial charge in [0.15, 0.2) is 0 Å². The normalized spacial score (nSPS) is 50.6. The molecule has 2 heteroatoms. The van der Waals surface area contributed by atoms with E-state index in [0.717, 1.165) is 34.2 Å². The Balaban J connectivity index is 1.48. The monoisotopic (exact) mass is 383 g/mol. The molecule has 0 aromatic rings. The van der Waals surface area contributed by atoms with Crippen LogP contribution in [-0.2, 0) is 0 Å². The molecule has 0 aromatic heterocycles. The van der Waals surface area contributed by atoms with E-state index in [1.165, 1.54) is 51.6 Å². The van der Waals surface area contributed by atoms with Crippen molar-refractivity contribution >= 4 is 0 Å². The molecule has 28 heavy (non-hydrogen) atoms. The summed E-state index contributed by atoms with van der Waals surface area (Å²) in [6.07, 6.45) is 16.7. The van der Waals surface area contributed by atoms with Crippen molar-refractivity contribution in [1.29, 1.82) is 0 Å². The fourth-order valence-corrected chi connectivity index (χ4v) is 8.73. The Bertz CT molecular complexity index is 705. The summed E-state index contributed by atoms with van der Waals surface area (Å²) in [7, 11) is 7.22. The largest absolute Gasteiger partial charge is 0.323 e. The second kappa shape index (κ2) is 6.20. The van der Waals surface area contributed by atoms with Crippen LogP contribution in [0.4, 0.5) is 0 Å². The molecule has 3 fully saturated rings. The molecule has 0 bridgehead atoms. The van der Waals surface area contributed by atoms with Crippen molar-refractivity contribution in [1.82, 2.24) is 4.90 Å². The van der Waals surface area contributed by atoms with E-state index in [1.807, 2.05) is 0 Å². The number of rotatable bonds is 2. The first-order chi connectivity index (χ1) is 13.2. The lowest BCUT2D eigenvalue weighted by molar-refractivity contribution is -0.907. The average molecular weight is 384 g/mol. The Kier molecular flexibility index (Phi) is 4.29. The van der Waals surface area contributed by atoms with Crippen LogP contribution in [0.5, 0.6) is 0 Å². The second-order valence-electron chi connectivity index (χ2n) is 12.0. The molecule has 5 aliphatic rings. The number of likely N-dealkylation sites (tertiary alicyclic amines) is 1. The zero-order valence-electron chi connectivity index (χ0n) is 19.2. The van der Waals surface area contributed by atoms with Gasteiger partial charge in [0.1, 0.15) is 6.04 Å². The molecule has 0 amide bonds. The van der Waals surface area contributed by atoms with Crippen LogP contribution in [0.25, 0.3) is 0 Å². The van der Waals surface area contributed by atoms with E-state index in [1.54, 1.807) is 5.57 Å². The van der Waals surface area contributed by atoms with Crippen LogP contribution in [0.3, 0.4) is 0 Å². The molecule has 0 aromatic carbocycles. The molecule has 8 atom stereocenters. The van der Waals surface area contributed by atoms with Gasteiger partial charge in [-0.3, -0.25) is 0 Å². The summed E-state index contributed by atoms with van der Waals surface area (Å²) in [5.41, 5.74) is 2.75. The molecule has 0 radical (unpaired) electrons. The highest BCUT2D eigenvalue weighted by Gasteiger charge is 2.63. The topological polar surface area (TPSA) is 3.24 Å². The Labute approximate surface area is 173 Å². The lowest BCUT2D eigenvalue weighted by atomic mass is 9.48. The minimum atomic E-state index is 0.430. The number of quaternary nitrogens is 1. The summed E-state index contributed by atoms with van der Waals surface area (Å²) in [4.78, 5) is 2.69. The smallest absolute Gasteiger partial charge is 0.108 e. The first kappa shape index (κ1) is 19.4. The van der Waals surface area contributed by atoms with Gasteiger partial charge in [0, 0.05) is 19.0 Å². The van der Waals surface area contributed by atoms with Gasteiger partial charge in [-0.2, -0.15) is 0 Å². The molecule has 0 N–H and O–H groups in total. The molecule has 1 heterocycles. The van der Waals surface area contributed by atoms with Gasteiger partial charge in [-0.15, -0.1) is 0 Å². The van der Waals surface area contributed by atoms with Gasteiger partial charge < -0.3 is 9.38 Å². The van der Waals surface area contributed by atoms with E-state index < -0.39 is 0 Å². The first-order valence-electron chi connectivity index (χ1n) is 12.2. The molecule has 156 valence electrons. The van der Waals surface area contributed by atoms with Crippen molar-refractivity contribution in [3.05, 3.63) is 23.8 Å². The Morgan fingerprint density at radius 2 is 1.82 bits per heavy atom. The highest BCUT2D eigenvalue weighted by Crippen LogP contribution is 2.68. The molecule has 2 saturated carbocycles. The van der Waals surface area contributed by atoms with Crippen LogP contribution < -0.4 is 0 Å². The van der Waals surface area contributed by atoms with Gasteiger partial charge in [-0.1, -0.05) is 19.1 Å². The maximum Gasteiger partial charge on any atom is 0.108 e. The molecular formula is C26H43N2+. The van der Waals surface area contributed by atoms with E-state index in [0.29, 0.717) is 16.9 Å². The second-order valence-corrected chi connectivity index (χ2v) is 12.0. The van der Waals surface area contributed by atoms with Gasteiger partial charge in [-0.25, -0.2) is 0 Å². The zero-order valence-corrected chi connectivity index (χ0v) is 19.2. The third-order valence-electron chi connectivity index (χ3n) is 11.0. The maximum atomic E-state index is 2.70. The third-order valence-corrected chi connectivity index (χ3v) is 11.0. The SMILES string of the molecule is CC[N+](C)(C)[C@@H]1C=C2C=C[C@H]3[C@@H]4CC[C@@H]5[C@H](C)N(C)C[C@@]54CC[C@@H]3[C@@]2(C)CC1. The minimum absolute atomic E-state index is 0.430. The van der Waals surface area contributed by atoms with Gasteiger partial charge >= 0.3 is 0 Å². The van der Waals surface area contributed by atoms with Crippen molar-refractivity contribution in [2.45, 2.75) is 71.4 Å². The van der Waals surface area contributed by atoms with Gasteiger partial charge in [0.25, 0.3) is 0 Å². The highest BCUT2D eigenvalue weighted by molar-refractivity contribution is 5.36. The third kappa shape index (κ3) is 2.40. The fourth-order valence-electron chi connectivity index (χ4n) is 8.73. The number of likely N-dealkylation sites (N-methyl/N-ethyl adjacent to an activating group) is 1. The van der Waals surface area contributed by atoms with Crippen molar-refractivity contribution < 1.29 is 4.48 Å².